The molecule has 15 heavy (non-hydrogen) atoms. The molecule has 1 unspecified atom stereocenters. The van der Waals surface area contributed by atoms with E-state index in [1.54, 1.807) is 0 Å². The van der Waals surface area contributed by atoms with Crippen molar-refractivity contribution in [2.24, 2.45) is 0 Å². The van der Waals surface area contributed by atoms with Gasteiger partial charge in [0, 0.05) is 6.04 Å². The van der Waals surface area contributed by atoms with Crippen LogP contribution in [0.1, 0.15) is 47.0 Å². The minimum absolute atomic E-state index is 0.354. The summed E-state index contributed by atoms with van der Waals surface area (Å²) in [5.74, 6) is 2.30. The van der Waals surface area contributed by atoms with E-state index >= 15 is 0 Å². The average Bonchev–Trinajstić information content (AvgIpc) is 2.16. The monoisotopic (exact) mass is 228 g/mol. The van der Waals surface area contributed by atoms with Gasteiger partial charge < -0.3 is 0 Å². The van der Waals surface area contributed by atoms with Crippen LogP contribution in [-0.4, -0.2) is 23.1 Å². The highest BCUT2D eigenvalue weighted by molar-refractivity contribution is 7.99. The van der Waals surface area contributed by atoms with Crippen LogP contribution in [0.15, 0.2) is 0 Å². The number of nitriles is 1. The fourth-order valence-corrected chi connectivity index (χ4v) is 2.67. The minimum Gasteiger partial charge on any atom is -0.297 e. The second kappa shape index (κ2) is 8.01. The van der Waals surface area contributed by atoms with Crippen molar-refractivity contribution in [1.29, 1.82) is 5.26 Å². The molecule has 0 saturated heterocycles. The van der Waals surface area contributed by atoms with Crippen molar-refractivity contribution in [2.45, 2.75) is 58.5 Å². The maximum Gasteiger partial charge on any atom is 0.104 e. The fraction of sp³-hybridized carbons (Fsp3) is 0.917. The molecule has 0 aromatic rings. The third-order valence-corrected chi connectivity index (χ3v) is 3.31. The lowest BCUT2D eigenvalue weighted by Crippen LogP contribution is -2.45. The number of thioether (sulfide) groups is 1. The van der Waals surface area contributed by atoms with Gasteiger partial charge in [-0.15, -0.1) is 0 Å². The maximum absolute atomic E-state index is 9.12. The maximum atomic E-state index is 9.12. The molecular formula is C12H24N2S. The summed E-state index contributed by atoms with van der Waals surface area (Å²) >= 11 is 1.96. The van der Waals surface area contributed by atoms with Crippen LogP contribution >= 0.6 is 11.8 Å². The SMILES string of the molecule is CCCCSCCC(C)(C#N)NC(C)C. The third kappa shape index (κ3) is 7.70. The van der Waals surface area contributed by atoms with Crippen LogP contribution in [0.2, 0.25) is 0 Å². The molecular weight excluding hydrogens is 204 g/mol. The van der Waals surface area contributed by atoms with E-state index in [0.717, 1.165) is 12.2 Å². The van der Waals surface area contributed by atoms with Crippen LogP contribution in [0, 0.1) is 11.3 Å². The summed E-state index contributed by atoms with van der Waals surface area (Å²) in [6.07, 6.45) is 3.47. The van der Waals surface area contributed by atoms with Crippen LogP contribution in [0.5, 0.6) is 0 Å². The molecule has 3 heteroatoms. The molecule has 2 nitrogen and oxygen atoms in total. The molecule has 0 aromatic carbocycles. The fourth-order valence-electron chi connectivity index (χ4n) is 1.42. The molecule has 0 bridgehead atoms. The first kappa shape index (κ1) is 14.8. The van der Waals surface area contributed by atoms with E-state index < -0.39 is 0 Å². The van der Waals surface area contributed by atoms with Gasteiger partial charge in [0.2, 0.25) is 0 Å². The standard InChI is InChI=1S/C12H24N2S/c1-5-6-8-15-9-7-12(4,10-13)14-11(2)3/h11,14H,5-9H2,1-4H3. The van der Waals surface area contributed by atoms with E-state index in [0.29, 0.717) is 6.04 Å². The molecule has 88 valence electrons. The zero-order chi connectivity index (χ0) is 11.7. The van der Waals surface area contributed by atoms with Gasteiger partial charge in [-0.25, -0.2) is 0 Å². The smallest absolute Gasteiger partial charge is 0.104 e. The number of hydrogen-bond acceptors (Lipinski definition) is 3. The number of hydrogen-bond donors (Lipinski definition) is 1. The Hall–Kier alpha value is -0.200. The highest BCUT2D eigenvalue weighted by Gasteiger charge is 2.23. The van der Waals surface area contributed by atoms with Crippen LogP contribution in [-0.2, 0) is 0 Å². The molecule has 0 aliphatic rings. The van der Waals surface area contributed by atoms with Gasteiger partial charge in [-0.1, -0.05) is 13.3 Å². The summed E-state index contributed by atoms with van der Waals surface area (Å²) in [4.78, 5) is 0. The largest absolute Gasteiger partial charge is 0.297 e. The van der Waals surface area contributed by atoms with Gasteiger partial charge in [-0.3, -0.25) is 5.32 Å². The second-order valence-electron chi connectivity index (χ2n) is 4.46. The van der Waals surface area contributed by atoms with Crippen molar-refractivity contribution in [2.75, 3.05) is 11.5 Å². The van der Waals surface area contributed by atoms with Crippen molar-refractivity contribution < 1.29 is 0 Å². The van der Waals surface area contributed by atoms with Gasteiger partial charge in [0.05, 0.1) is 6.07 Å². The molecule has 0 aliphatic heterocycles. The third-order valence-electron chi connectivity index (χ3n) is 2.24. The number of rotatable bonds is 8. The summed E-state index contributed by atoms with van der Waals surface area (Å²) in [7, 11) is 0. The highest BCUT2D eigenvalue weighted by atomic mass is 32.2. The first-order valence-corrected chi connectivity index (χ1v) is 6.96. The van der Waals surface area contributed by atoms with Crippen molar-refractivity contribution >= 4 is 11.8 Å². The van der Waals surface area contributed by atoms with Crippen molar-refractivity contribution in [3.63, 3.8) is 0 Å². The highest BCUT2D eigenvalue weighted by Crippen LogP contribution is 2.15. The average molecular weight is 228 g/mol. The Morgan fingerprint density at radius 3 is 2.53 bits per heavy atom. The lowest BCUT2D eigenvalue weighted by molar-refractivity contribution is 0.397. The van der Waals surface area contributed by atoms with Gasteiger partial charge in [0.1, 0.15) is 5.54 Å². The first-order valence-electron chi connectivity index (χ1n) is 5.80. The topological polar surface area (TPSA) is 35.8 Å². The molecule has 0 fully saturated rings. The van der Waals surface area contributed by atoms with Crippen LogP contribution < -0.4 is 5.32 Å². The van der Waals surface area contributed by atoms with Crippen molar-refractivity contribution in [3.05, 3.63) is 0 Å². The lowest BCUT2D eigenvalue weighted by atomic mass is 10.0. The van der Waals surface area contributed by atoms with E-state index in [4.69, 9.17) is 5.26 Å². The molecule has 0 spiro atoms. The predicted octanol–water partition coefficient (Wildman–Crippen LogP) is 3.19. The summed E-state index contributed by atoms with van der Waals surface area (Å²) in [5, 5.41) is 12.4. The minimum atomic E-state index is -0.354. The number of nitrogens with zero attached hydrogens (tertiary/aromatic N) is 1. The molecule has 0 saturated carbocycles. The molecule has 0 radical (unpaired) electrons. The number of nitrogens with one attached hydrogen (secondary N) is 1. The van der Waals surface area contributed by atoms with Crippen LogP contribution in [0.4, 0.5) is 0 Å². The van der Waals surface area contributed by atoms with Crippen LogP contribution in [0.25, 0.3) is 0 Å². The zero-order valence-electron chi connectivity index (χ0n) is 10.5. The van der Waals surface area contributed by atoms with E-state index in [1.807, 2.05) is 18.7 Å². The molecule has 0 aromatic heterocycles. The predicted molar refractivity (Wildman–Crippen MR) is 69.1 cm³/mol. The second-order valence-corrected chi connectivity index (χ2v) is 5.68. The van der Waals surface area contributed by atoms with Gasteiger partial charge in [-0.2, -0.15) is 17.0 Å². The Labute approximate surface area is 98.8 Å². The summed E-state index contributed by atoms with van der Waals surface area (Å²) in [5.41, 5.74) is -0.354. The van der Waals surface area contributed by atoms with Gasteiger partial charge in [-0.05, 0) is 45.1 Å². The summed E-state index contributed by atoms with van der Waals surface area (Å²) in [6, 6.07) is 2.75. The molecule has 0 amide bonds. The Balaban J connectivity index is 3.74. The zero-order valence-corrected chi connectivity index (χ0v) is 11.3. The molecule has 1 N–H and O–H groups in total. The van der Waals surface area contributed by atoms with E-state index in [1.165, 1.54) is 18.6 Å². The lowest BCUT2D eigenvalue weighted by Gasteiger charge is -2.25. The first-order chi connectivity index (χ1) is 7.04. The van der Waals surface area contributed by atoms with Gasteiger partial charge in [0.15, 0.2) is 0 Å². The Kier molecular flexibility index (Phi) is 7.90. The molecule has 0 rings (SSSR count). The quantitative estimate of drug-likeness (QED) is 0.648. The summed E-state index contributed by atoms with van der Waals surface area (Å²) < 4.78 is 0. The Morgan fingerprint density at radius 2 is 2.07 bits per heavy atom. The van der Waals surface area contributed by atoms with Crippen molar-refractivity contribution in [1.82, 2.24) is 5.32 Å². The van der Waals surface area contributed by atoms with Crippen LogP contribution in [0.3, 0.4) is 0 Å². The molecule has 0 aliphatic carbocycles. The van der Waals surface area contributed by atoms with Gasteiger partial charge in [0.25, 0.3) is 0 Å². The Bertz CT molecular complexity index is 198. The van der Waals surface area contributed by atoms with Crippen molar-refractivity contribution in [3.8, 4) is 6.07 Å². The normalized spacial score (nSPS) is 14.9. The van der Waals surface area contributed by atoms with E-state index in [9.17, 15) is 0 Å². The Morgan fingerprint density at radius 1 is 1.40 bits per heavy atom. The molecule has 1 atom stereocenters. The number of unbranched alkanes of at least 4 members (excludes halogenated alkanes) is 1. The van der Waals surface area contributed by atoms with Gasteiger partial charge >= 0.3 is 0 Å². The summed E-state index contributed by atoms with van der Waals surface area (Å²) in [6.45, 7) is 8.37. The van der Waals surface area contributed by atoms with E-state index in [2.05, 4.69) is 32.2 Å². The molecule has 0 heterocycles. The van der Waals surface area contributed by atoms with E-state index in [-0.39, 0.29) is 5.54 Å².